The Bertz CT molecular complexity index is 328. The Labute approximate surface area is 109 Å². The summed E-state index contributed by atoms with van der Waals surface area (Å²) < 4.78 is 0. The maximum atomic E-state index is 4.38. The van der Waals surface area contributed by atoms with Gasteiger partial charge < -0.3 is 4.90 Å². The van der Waals surface area contributed by atoms with Crippen molar-refractivity contribution in [2.24, 2.45) is 0 Å². The fourth-order valence-corrected chi connectivity index (χ4v) is 3.34. The molecule has 1 aliphatic carbocycles. The molecule has 2 rings (SSSR count). The van der Waals surface area contributed by atoms with E-state index >= 15 is 0 Å². The van der Waals surface area contributed by atoms with Crippen LogP contribution in [0.15, 0.2) is 24.4 Å². The smallest absolute Gasteiger partial charge is 0.0416 e. The van der Waals surface area contributed by atoms with Gasteiger partial charge in [-0.05, 0) is 44.7 Å². The van der Waals surface area contributed by atoms with Crippen LogP contribution in [0.25, 0.3) is 0 Å². The average Bonchev–Trinajstić information content (AvgIpc) is 2.86. The van der Waals surface area contributed by atoms with Gasteiger partial charge in [-0.2, -0.15) is 11.8 Å². The van der Waals surface area contributed by atoms with E-state index in [0.29, 0.717) is 0 Å². The fourth-order valence-electron chi connectivity index (χ4n) is 2.55. The van der Waals surface area contributed by atoms with Crippen molar-refractivity contribution >= 4 is 11.8 Å². The van der Waals surface area contributed by atoms with Crippen LogP contribution >= 0.6 is 11.8 Å². The second-order valence-electron chi connectivity index (χ2n) is 4.88. The number of thioether (sulfide) groups is 1. The van der Waals surface area contributed by atoms with Crippen molar-refractivity contribution in [2.45, 2.75) is 37.0 Å². The predicted molar refractivity (Wildman–Crippen MR) is 75.5 cm³/mol. The highest BCUT2D eigenvalue weighted by Gasteiger charge is 2.26. The lowest BCUT2D eigenvalue weighted by molar-refractivity contribution is 0.248. The fraction of sp³-hybridized carbons (Fsp3) is 0.643. The summed E-state index contributed by atoms with van der Waals surface area (Å²) >= 11 is 2.03. The van der Waals surface area contributed by atoms with E-state index in [1.54, 1.807) is 0 Å². The van der Waals surface area contributed by atoms with Gasteiger partial charge in [-0.1, -0.05) is 6.07 Å². The minimum atomic E-state index is 0.788. The molecule has 2 nitrogen and oxygen atoms in total. The van der Waals surface area contributed by atoms with Gasteiger partial charge in [0, 0.05) is 36.1 Å². The van der Waals surface area contributed by atoms with Crippen LogP contribution in [0.3, 0.4) is 0 Å². The molecule has 0 saturated heterocycles. The van der Waals surface area contributed by atoms with E-state index in [2.05, 4.69) is 35.3 Å². The SMILES string of the molecule is CS[C@H]1CC[C@@H](N(C)CCc2ccccn2)C1. The Morgan fingerprint density at radius 1 is 1.41 bits per heavy atom. The molecule has 0 aliphatic heterocycles. The quantitative estimate of drug-likeness (QED) is 0.799. The van der Waals surface area contributed by atoms with Crippen LogP contribution in [0, 0.1) is 0 Å². The molecule has 94 valence electrons. The summed E-state index contributed by atoms with van der Waals surface area (Å²) in [5, 5.41) is 0.886. The van der Waals surface area contributed by atoms with Crippen LogP contribution in [0.5, 0.6) is 0 Å². The van der Waals surface area contributed by atoms with Gasteiger partial charge in [0.1, 0.15) is 0 Å². The molecule has 2 atom stereocenters. The molecule has 1 fully saturated rings. The first-order chi connectivity index (χ1) is 8.29. The highest BCUT2D eigenvalue weighted by molar-refractivity contribution is 7.99. The van der Waals surface area contributed by atoms with Crippen LogP contribution in [0.4, 0.5) is 0 Å². The third kappa shape index (κ3) is 3.71. The van der Waals surface area contributed by atoms with Crippen molar-refractivity contribution in [1.29, 1.82) is 0 Å². The van der Waals surface area contributed by atoms with E-state index < -0.39 is 0 Å². The van der Waals surface area contributed by atoms with E-state index in [9.17, 15) is 0 Å². The third-order valence-corrected chi connectivity index (χ3v) is 4.86. The molecule has 0 radical (unpaired) electrons. The molecule has 1 aromatic heterocycles. The molecule has 0 unspecified atom stereocenters. The normalized spacial score (nSPS) is 24.4. The summed E-state index contributed by atoms with van der Waals surface area (Å²) in [5.41, 5.74) is 1.21. The second-order valence-corrected chi connectivity index (χ2v) is 6.01. The summed E-state index contributed by atoms with van der Waals surface area (Å²) in [4.78, 5) is 6.90. The molecule has 0 amide bonds. The lowest BCUT2D eigenvalue weighted by Gasteiger charge is -2.24. The Kier molecular flexibility index (Phi) is 4.86. The number of likely N-dealkylation sites (N-methyl/N-ethyl adjacent to an activating group) is 1. The first kappa shape index (κ1) is 12.9. The van der Waals surface area contributed by atoms with E-state index in [0.717, 1.165) is 24.3 Å². The summed E-state index contributed by atoms with van der Waals surface area (Å²) in [7, 11) is 2.26. The molecular formula is C14H22N2S. The van der Waals surface area contributed by atoms with Gasteiger partial charge in [-0.25, -0.2) is 0 Å². The minimum Gasteiger partial charge on any atom is -0.303 e. The van der Waals surface area contributed by atoms with E-state index in [1.807, 2.05) is 24.0 Å². The van der Waals surface area contributed by atoms with Gasteiger partial charge >= 0.3 is 0 Å². The highest BCUT2D eigenvalue weighted by Crippen LogP contribution is 2.30. The average molecular weight is 250 g/mol. The van der Waals surface area contributed by atoms with Crippen molar-refractivity contribution < 1.29 is 0 Å². The standard InChI is InChI=1S/C14H22N2S/c1-16(13-6-7-14(11-13)17-2)10-8-12-5-3-4-9-15-12/h3-5,9,13-14H,6-8,10-11H2,1-2H3/t13-,14+/m1/s1. The second kappa shape index (κ2) is 6.41. The molecule has 0 N–H and O–H groups in total. The molecule has 1 aliphatic rings. The zero-order valence-electron chi connectivity index (χ0n) is 10.8. The van der Waals surface area contributed by atoms with Gasteiger partial charge in [0.2, 0.25) is 0 Å². The van der Waals surface area contributed by atoms with Gasteiger partial charge in [-0.15, -0.1) is 0 Å². The highest BCUT2D eigenvalue weighted by atomic mass is 32.2. The largest absolute Gasteiger partial charge is 0.303 e. The summed E-state index contributed by atoms with van der Waals surface area (Å²) in [6.07, 6.45) is 9.30. The maximum Gasteiger partial charge on any atom is 0.0416 e. The number of pyridine rings is 1. The predicted octanol–water partition coefficient (Wildman–Crippen LogP) is 2.84. The molecule has 1 aromatic rings. The molecule has 1 heterocycles. The number of aromatic nitrogens is 1. The number of hydrogen-bond acceptors (Lipinski definition) is 3. The number of nitrogens with zero attached hydrogens (tertiary/aromatic N) is 2. The Balaban J connectivity index is 1.76. The lowest BCUT2D eigenvalue weighted by Crippen LogP contribution is -2.31. The zero-order valence-corrected chi connectivity index (χ0v) is 11.6. The Morgan fingerprint density at radius 2 is 2.29 bits per heavy atom. The first-order valence-corrected chi connectivity index (χ1v) is 7.71. The van der Waals surface area contributed by atoms with Crippen molar-refractivity contribution in [3.8, 4) is 0 Å². The van der Waals surface area contributed by atoms with Gasteiger partial charge in [0.05, 0.1) is 0 Å². The number of rotatable bonds is 5. The van der Waals surface area contributed by atoms with Crippen molar-refractivity contribution in [3.05, 3.63) is 30.1 Å². The van der Waals surface area contributed by atoms with Crippen molar-refractivity contribution in [2.75, 3.05) is 19.8 Å². The van der Waals surface area contributed by atoms with Crippen molar-refractivity contribution in [1.82, 2.24) is 9.88 Å². The summed E-state index contributed by atoms with van der Waals surface area (Å²) in [6.45, 7) is 1.13. The van der Waals surface area contributed by atoms with Gasteiger partial charge in [0.15, 0.2) is 0 Å². The van der Waals surface area contributed by atoms with Gasteiger partial charge in [-0.3, -0.25) is 4.98 Å². The Hall–Kier alpha value is -0.540. The summed E-state index contributed by atoms with van der Waals surface area (Å²) in [5.74, 6) is 0. The number of hydrogen-bond donors (Lipinski definition) is 0. The Morgan fingerprint density at radius 3 is 2.94 bits per heavy atom. The summed E-state index contributed by atoms with van der Waals surface area (Å²) in [6, 6.07) is 6.96. The third-order valence-electron chi connectivity index (χ3n) is 3.76. The van der Waals surface area contributed by atoms with Crippen LogP contribution in [-0.2, 0) is 6.42 Å². The van der Waals surface area contributed by atoms with Crippen LogP contribution in [0.2, 0.25) is 0 Å². The molecule has 0 bridgehead atoms. The van der Waals surface area contributed by atoms with Crippen molar-refractivity contribution in [3.63, 3.8) is 0 Å². The molecule has 0 aromatic carbocycles. The van der Waals surface area contributed by atoms with Crippen LogP contribution < -0.4 is 0 Å². The van der Waals surface area contributed by atoms with E-state index in [-0.39, 0.29) is 0 Å². The molecular weight excluding hydrogens is 228 g/mol. The van der Waals surface area contributed by atoms with Crippen LogP contribution in [0.1, 0.15) is 25.0 Å². The molecule has 3 heteroatoms. The topological polar surface area (TPSA) is 16.1 Å². The molecule has 17 heavy (non-hydrogen) atoms. The maximum absolute atomic E-state index is 4.38. The van der Waals surface area contributed by atoms with Crippen LogP contribution in [-0.4, -0.2) is 41.0 Å². The monoisotopic (exact) mass is 250 g/mol. The zero-order chi connectivity index (χ0) is 12.1. The molecule has 0 spiro atoms. The van der Waals surface area contributed by atoms with E-state index in [4.69, 9.17) is 0 Å². The lowest BCUT2D eigenvalue weighted by atomic mass is 10.2. The van der Waals surface area contributed by atoms with Gasteiger partial charge in [0.25, 0.3) is 0 Å². The van der Waals surface area contributed by atoms with E-state index in [1.165, 1.54) is 25.0 Å². The molecule has 1 saturated carbocycles. The first-order valence-electron chi connectivity index (χ1n) is 6.42. The minimum absolute atomic E-state index is 0.788.